The molecule has 0 saturated carbocycles. The van der Waals surface area contributed by atoms with Gasteiger partial charge in [-0.05, 0) is 31.7 Å². The van der Waals surface area contributed by atoms with Crippen LogP contribution in [-0.4, -0.2) is 55.4 Å². The Morgan fingerprint density at radius 1 is 1.30 bits per heavy atom. The van der Waals surface area contributed by atoms with Gasteiger partial charge in [0.2, 0.25) is 5.88 Å². The van der Waals surface area contributed by atoms with Gasteiger partial charge in [-0.25, -0.2) is 14.6 Å². The molecular weight excluding hydrogens is 300 g/mol. The summed E-state index contributed by atoms with van der Waals surface area (Å²) in [6.45, 7) is 4.04. The van der Waals surface area contributed by atoms with E-state index in [4.69, 9.17) is 9.47 Å². The highest BCUT2D eigenvalue weighted by atomic mass is 16.6. The maximum Gasteiger partial charge on any atom is 0.409 e. The van der Waals surface area contributed by atoms with E-state index in [0.717, 1.165) is 12.8 Å². The Hall–Kier alpha value is -2.31. The predicted molar refractivity (Wildman–Crippen MR) is 82.4 cm³/mol. The third-order valence-electron chi connectivity index (χ3n) is 3.73. The number of carbonyl (C=O) groups excluding carboxylic acids is 2. The number of hydrogen-bond donors (Lipinski definition) is 0. The van der Waals surface area contributed by atoms with Crippen molar-refractivity contribution >= 4 is 12.1 Å². The molecule has 2 heterocycles. The molecule has 0 radical (unpaired) electrons. The van der Waals surface area contributed by atoms with Gasteiger partial charge < -0.3 is 19.1 Å². The van der Waals surface area contributed by atoms with Crippen molar-refractivity contribution < 1.29 is 23.8 Å². The van der Waals surface area contributed by atoms with E-state index in [1.165, 1.54) is 7.11 Å². The van der Waals surface area contributed by atoms with Gasteiger partial charge in [-0.2, -0.15) is 0 Å². The number of pyridine rings is 1. The molecule has 0 atom stereocenters. The van der Waals surface area contributed by atoms with Crippen LogP contribution in [0.15, 0.2) is 18.2 Å². The molecule has 0 unspecified atom stereocenters. The maximum atomic E-state index is 11.6. The van der Waals surface area contributed by atoms with Crippen molar-refractivity contribution in [3.8, 4) is 5.88 Å². The van der Waals surface area contributed by atoms with E-state index in [-0.39, 0.29) is 11.8 Å². The van der Waals surface area contributed by atoms with Gasteiger partial charge >= 0.3 is 12.1 Å². The van der Waals surface area contributed by atoms with E-state index >= 15 is 0 Å². The number of esters is 1. The van der Waals surface area contributed by atoms with Crippen molar-refractivity contribution in [1.82, 2.24) is 9.88 Å². The van der Waals surface area contributed by atoms with Crippen LogP contribution in [-0.2, 0) is 9.47 Å². The summed E-state index contributed by atoms with van der Waals surface area (Å²) in [7, 11) is 1.31. The lowest BCUT2D eigenvalue weighted by molar-refractivity contribution is 0.0592. The topological polar surface area (TPSA) is 78.0 Å². The average Bonchev–Trinajstić information content (AvgIpc) is 2.60. The van der Waals surface area contributed by atoms with Crippen LogP contribution in [0.2, 0.25) is 0 Å². The van der Waals surface area contributed by atoms with Gasteiger partial charge in [-0.1, -0.05) is 6.07 Å². The van der Waals surface area contributed by atoms with Crippen molar-refractivity contribution in [2.45, 2.75) is 19.8 Å². The first-order valence-electron chi connectivity index (χ1n) is 7.74. The first-order chi connectivity index (χ1) is 11.1. The number of likely N-dealkylation sites (tertiary alicyclic amines) is 1. The van der Waals surface area contributed by atoms with Crippen LogP contribution < -0.4 is 4.74 Å². The molecule has 1 fully saturated rings. The smallest absolute Gasteiger partial charge is 0.409 e. The Kier molecular flexibility index (Phi) is 6.19. The molecule has 23 heavy (non-hydrogen) atoms. The fraction of sp³-hybridized carbons (Fsp3) is 0.562. The van der Waals surface area contributed by atoms with Gasteiger partial charge in [0.1, 0.15) is 0 Å². The highest BCUT2D eigenvalue weighted by molar-refractivity contribution is 5.87. The summed E-state index contributed by atoms with van der Waals surface area (Å²) in [5.74, 6) is 0.267. The second kappa shape index (κ2) is 8.36. The van der Waals surface area contributed by atoms with E-state index < -0.39 is 5.97 Å². The number of methoxy groups -OCH3 is 1. The highest BCUT2D eigenvalue weighted by Gasteiger charge is 2.24. The molecule has 0 aromatic carbocycles. The number of aromatic nitrogens is 1. The maximum absolute atomic E-state index is 11.6. The largest absolute Gasteiger partial charge is 0.477 e. The molecule has 2 rings (SSSR count). The summed E-state index contributed by atoms with van der Waals surface area (Å²) in [4.78, 5) is 28.9. The molecular formula is C16H22N2O5. The molecule has 1 aromatic rings. The van der Waals surface area contributed by atoms with Gasteiger partial charge in [0.15, 0.2) is 5.69 Å². The van der Waals surface area contributed by atoms with E-state index in [2.05, 4.69) is 9.72 Å². The monoisotopic (exact) mass is 322 g/mol. The quantitative estimate of drug-likeness (QED) is 0.773. The minimum atomic E-state index is -0.488. The first-order valence-corrected chi connectivity index (χ1v) is 7.74. The highest BCUT2D eigenvalue weighted by Crippen LogP contribution is 2.19. The number of amides is 1. The third-order valence-corrected chi connectivity index (χ3v) is 3.73. The number of rotatable bonds is 5. The number of hydrogen-bond acceptors (Lipinski definition) is 6. The Morgan fingerprint density at radius 3 is 2.70 bits per heavy atom. The number of carbonyl (C=O) groups is 2. The lowest BCUT2D eigenvalue weighted by atomic mass is 9.98. The number of nitrogens with zero attached hydrogens (tertiary/aromatic N) is 2. The standard InChI is InChI=1S/C16H22N2O5/c1-3-22-16(20)18-9-7-12(8-10-18)11-23-14-6-4-5-13(17-14)15(19)21-2/h4-6,12H,3,7-11H2,1-2H3. The second-order valence-corrected chi connectivity index (χ2v) is 5.29. The predicted octanol–water partition coefficient (Wildman–Crippen LogP) is 2.12. The summed E-state index contributed by atoms with van der Waals surface area (Å²) in [6.07, 6.45) is 1.46. The molecule has 1 aliphatic rings. The summed E-state index contributed by atoms with van der Waals surface area (Å²) < 4.78 is 15.3. The molecule has 7 heteroatoms. The van der Waals surface area contributed by atoms with E-state index in [1.807, 2.05) is 0 Å². The zero-order valence-electron chi connectivity index (χ0n) is 13.5. The normalized spacial score (nSPS) is 15.1. The van der Waals surface area contributed by atoms with E-state index in [9.17, 15) is 9.59 Å². The van der Waals surface area contributed by atoms with Crippen molar-refractivity contribution in [2.24, 2.45) is 5.92 Å². The molecule has 1 amide bonds. The van der Waals surface area contributed by atoms with Gasteiger partial charge in [0.05, 0.1) is 20.3 Å². The van der Waals surface area contributed by atoms with Crippen LogP contribution in [0.5, 0.6) is 5.88 Å². The van der Waals surface area contributed by atoms with Crippen molar-refractivity contribution in [2.75, 3.05) is 33.4 Å². The summed E-state index contributed by atoms with van der Waals surface area (Å²) >= 11 is 0. The zero-order chi connectivity index (χ0) is 16.7. The molecule has 126 valence electrons. The Labute approximate surface area is 135 Å². The molecule has 1 aliphatic heterocycles. The molecule has 0 spiro atoms. The average molecular weight is 322 g/mol. The minimum Gasteiger partial charge on any atom is -0.477 e. The molecule has 0 N–H and O–H groups in total. The van der Waals surface area contributed by atoms with E-state index in [1.54, 1.807) is 30.0 Å². The van der Waals surface area contributed by atoms with Crippen LogP contribution in [0, 0.1) is 5.92 Å². The van der Waals surface area contributed by atoms with Gasteiger partial charge in [0, 0.05) is 19.2 Å². The van der Waals surface area contributed by atoms with Crippen LogP contribution >= 0.6 is 0 Å². The van der Waals surface area contributed by atoms with Gasteiger partial charge in [0.25, 0.3) is 0 Å². The molecule has 1 aromatic heterocycles. The number of piperidine rings is 1. The van der Waals surface area contributed by atoms with Crippen molar-refractivity contribution in [3.63, 3.8) is 0 Å². The van der Waals surface area contributed by atoms with Crippen molar-refractivity contribution in [3.05, 3.63) is 23.9 Å². The van der Waals surface area contributed by atoms with E-state index in [0.29, 0.717) is 38.1 Å². The summed E-state index contributed by atoms with van der Waals surface area (Å²) in [5.41, 5.74) is 0.224. The Bertz CT molecular complexity index is 541. The summed E-state index contributed by atoms with van der Waals surface area (Å²) in [5, 5.41) is 0. The van der Waals surface area contributed by atoms with Gasteiger partial charge in [-0.15, -0.1) is 0 Å². The molecule has 0 aliphatic carbocycles. The third kappa shape index (κ3) is 4.84. The molecule has 1 saturated heterocycles. The van der Waals surface area contributed by atoms with Crippen LogP contribution in [0.1, 0.15) is 30.3 Å². The number of ether oxygens (including phenoxy) is 3. The Balaban J connectivity index is 1.79. The van der Waals surface area contributed by atoms with Crippen LogP contribution in [0.3, 0.4) is 0 Å². The lowest BCUT2D eigenvalue weighted by Gasteiger charge is -2.30. The Morgan fingerprint density at radius 2 is 2.04 bits per heavy atom. The minimum absolute atomic E-state index is 0.224. The zero-order valence-corrected chi connectivity index (χ0v) is 13.5. The molecule has 7 nitrogen and oxygen atoms in total. The fourth-order valence-electron chi connectivity index (χ4n) is 2.41. The van der Waals surface area contributed by atoms with Crippen LogP contribution in [0.25, 0.3) is 0 Å². The first kappa shape index (κ1) is 17.1. The second-order valence-electron chi connectivity index (χ2n) is 5.29. The van der Waals surface area contributed by atoms with Gasteiger partial charge in [-0.3, -0.25) is 0 Å². The van der Waals surface area contributed by atoms with Crippen LogP contribution in [0.4, 0.5) is 4.79 Å². The fourth-order valence-corrected chi connectivity index (χ4v) is 2.41. The summed E-state index contributed by atoms with van der Waals surface area (Å²) in [6, 6.07) is 4.99. The lowest BCUT2D eigenvalue weighted by Crippen LogP contribution is -2.40. The van der Waals surface area contributed by atoms with Crippen molar-refractivity contribution in [1.29, 1.82) is 0 Å². The molecule has 0 bridgehead atoms. The SMILES string of the molecule is CCOC(=O)N1CCC(COc2cccc(C(=O)OC)n2)CC1.